The van der Waals surface area contributed by atoms with E-state index in [1.54, 1.807) is 7.05 Å². The molecule has 0 aromatic carbocycles. The number of carbonyl (C=O) groups is 1. The summed E-state index contributed by atoms with van der Waals surface area (Å²) in [5.74, 6) is 0.0546. The van der Waals surface area contributed by atoms with Crippen molar-refractivity contribution in [1.29, 1.82) is 0 Å². The van der Waals surface area contributed by atoms with Gasteiger partial charge in [-0.3, -0.25) is 18.7 Å². The molecule has 0 saturated carbocycles. The van der Waals surface area contributed by atoms with Gasteiger partial charge in [0, 0.05) is 20.5 Å². The van der Waals surface area contributed by atoms with Gasteiger partial charge in [-0.15, -0.1) is 0 Å². The van der Waals surface area contributed by atoms with E-state index in [4.69, 9.17) is 0 Å². The highest BCUT2D eigenvalue weighted by Crippen LogP contribution is 2.07. The molecule has 0 saturated heterocycles. The third-order valence-electron chi connectivity index (χ3n) is 3.87. The van der Waals surface area contributed by atoms with Crippen molar-refractivity contribution in [2.45, 2.75) is 25.8 Å². The fourth-order valence-electron chi connectivity index (χ4n) is 2.54. The first-order valence-electron chi connectivity index (χ1n) is 7.60. The normalized spacial score (nSPS) is 11.5. The van der Waals surface area contributed by atoms with E-state index >= 15 is 0 Å². The fraction of sp³-hybridized carbons (Fsp3) is 0.600. The highest BCUT2D eigenvalue weighted by Gasteiger charge is 2.15. The molecule has 2 rings (SSSR count). The molecule has 23 heavy (non-hydrogen) atoms. The summed E-state index contributed by atoms with van der Waals surface area (Å²) in [5.41, 5.74) is -0.265. The lowest BCUT2D eigenvalue weighted by Gasteiger charge is -2.09. The fourth-order valence-corrected chi connectivity index (χ4v) is 2.54. The maximum absolute atomic E-state index is 12.3. The van der Waals surface area contributed by atoms with Crippen molar-refractivity contribution >= 4 is 16.9 Å². The molecular formula is C15H23N5O3. The predicted molar refractivity (Wildman–Crippen MR) is 87.6 cm³/mol. The number of hydrogen-bond acceptors (Lipinski definition) is 5. The summed E-state index contributed by atoms with van der Waals surface area (Å²) in [4.78, 5) is 42.4. The van der Waals surface area contributed by atoms with Crippen molar-refractivity contribution < 1.29 is 4.79 Å². The second-order valence-electron chi connectivity index (χ2n) is 6.05. The van der Waals surface area contributed by atoms with Crippen molar-refractivity contribution in [2.75, 3.05) is 20.6 Å². The highest BCUT2D eigenvalue weighted by molar-refractivity contribution is 5.80. The molecule has 0 aliphatic heterocycles. The Bertz CT molecular complexity index is 828. The summed E-state index contributed by atoms with van der Waals surface area (Å²) in [6.07, 6.45) is 3.70. The van der Waals surface area contributed by atoms with Gasteiger partial charge in [-0.25, -0.2) is 9.78 Å². The number of hydrogen-bond donors (Lipinski definition) is 0. The first-order valence-corrected chi connectivity index (χ1v) is 7.60. The molecular weight excluding hydrogens is 298 g/mol. The molecule has 8 nitrogen and oxygen atoms in total. The lowest BCUT2D eigenvalue weighted by atomic mass is 10.1. The number of ketones is 1. The first kappa shape index (κ1) is 17.1. The van der Waals surface area contributed by atoms with Gasteiger partial charge in [-0.05, 0) is 33.5 Å². The van der Waals surface area contributed by atoms with Crippen LogP contribution in [-0.2, 0) is 25.4 Å². The molecule has 0 amide bonds. The minimum Gasteiger partial charge on any atom is -0.317 e. The quantitative estimate of drug-likeness (QED) is 0.656. The largest absolute Gasteiger partial charge is 0.332 e. The molecule has 0 atom stereocenters. The Balaban J connectivity index is 2.17. The molecule has 8 heteroatoms. The van der Waals surface area contributed by atoms with Crippen molar-refractivity contribution in [3.63, 3.8) is 0 Å². The Morgan fingerprint density at radius 2 is 1.87 bits per heavy atom. The Hall–Kier alpha value is -2.22. The number of nitrogens with zero attached hydrogens (tertiary/aromatic N) is 5. The molecule has 126 valence electrons. The topological polar surface area (TPSA) is 82.1 Å². The zero-order chi connectivity index (χ0) is 17.1. The molecule has 0 fully saturated rings. The van der Waals surface area contributed by atoms with Crippen LogP contribution in [0.5, 0.6) is 0 Å². The average molecular weight is 321 g/mol. The third kappa shape index (κ3) is 3.58. The maximum atomic E-state index is 12.3. The Kier molecular flexibility index (Phi) is 5.15. The second kappa shape index (κ2) is 6.91. The molecule has 0 radical (unpaired) electrons. The molecule has 0 N–H and O–H groups in total. The zero-order valence-electron chi connectivity index (χ0n) is 14.1. The number of rotatable bonds is 7. The average Bonchev–Trinajstić information content (AvgIpc) is 2.91. The lowest BCUT2D eigenvalue weighted by molar-refractivity contribution is -0.119. The number of imidazole rings is 1. The summed E-state index contributed by atoms with van der Waals surface area (Å²) in [6, 6.07) is 0. The molecule has 0 aliphatic carbocycles. The van der Waals surface area contributed by atoms with Gasteiger partial charge in [0.1, 0.15) is 0 Å². The first-order chi connectivity index (χ1) is 10.8. The summed E-state index contributed by atoms with van der Waals surface area (Å²) < 4.78 is 3.88. The third-order valence-corrected chi connectivity index (χ3v) is 3.87. The van der Waals surface area contributed by atoms with Crippen molar-refractivity contribution in [2.24, 2.45) is 14.1 Å². The van der Waals surface area contributed by atoms with Gasteiger partial charge in [0.15, 0.2) is 16.9 Å². The van der Waals surface area contributed by atoms with Crippen molar-refractivity contribution in [3.05, 3.63) is 27.2 Å². The summed E-state index contributed by atoms with van der Waals surface area (Å²) in [5, 5.41) is 0. The van der Waals surface area contributed by atoms with Crippen LogP contribution < -0.4 is 11.2 Å². The van der Waals surface area contributed by atoms with Gasteiger partial charge >= 0.3 is 5.69 Å². The predicted octanol–water partition coefficient (Wildman–Crippen LogP) is -0.265. The van der Waals surface area contributed by atoms with E-state index in [0.717, 1.165) is 24.0 Å². The van der Waals surface area contributed by atoms with E-state index in [-0.39, 0.29) is 17.8 Å². The van der Waals surface area contributed by atoms with Crippen LogP contribution in [0.4, 0.5) is 0 Å². The van der Waals surface area contributed by atoms with E-state index < -0.39 is 11.2 Å². The number of carbonyl (C=O) groups excluding carboxylic acids is 1. The SMILES string of the molecule is CN(C)CCCCC(=O)Cn1cnc2c1c(=O)n(C)c(=O)n2C. The molecule has 0 aliphatic rings. The Morgan fingerprint density at radius 3 is 2.52 bits per heavy atom. The van der Waals surface area contributed by atoms with Crippen LogP contribution in [-0.4, -0.2) is 50.0 Å². The van der Waals surface area contributed by atoms with Crippen LogP contribution in [0.25, 0.3) is 11.2 Å². The monoisotopic (exact) mass is 321 g/mol. The summed E-state index contributed by atoms with van der Waals surface area (Å²) >= 11 is 0. The number of aryl methyl sites for hydroxylation is 1. The minimum atomic E-state index is -0.430. The maximum Gasteiger partial charge on any atom is 0.332 e. The van der Waals surface area contributed by atoms with Crippen molar-refractivity contribution in [3.8, 4) is 0 Å². The van der Waals surface area contributed by atoms with Gasteiger partial charge in [0.05, 0.1) is 12.9 Å². The van der Waals surface area contributed by atoms with E-state index in [1.165, 1.54) is 22.5 Å². The molecule has 2 heterocycles. The van der Waals surface area contributed by atoms with Crippen LogP contribution in [0.15, 0.2) is 15.9 Å². The van der Waals surface area contributed by atoms with Crippen LogP contribution in [0, 0.1) is 0 Å². The molecule has 0 spiro atoms. The molecule has 0 bridgehead atoms. The molecule has 2 aromatic heterocycles. The van der Waals surface area contributed by atoms with Gasteiger partial charge in [0.25, 0.3) is 5.56 Å². The number of fused-ring (bicyclic) bond motifs is 1. The highest BCUT2D eigenvalue weighted by atomic mass is 16.2. The van der Waals surface area contributed by atoms with Crippen LogP contribution in [0.1, 0.15) is 19.3 Å². The number of aromatic nitrogens is 4. The number of Topliss-reactive ketones (excluding diaryl/α,β-unsaturated/α-hetero) is 1. The number of unbranched alkanes of at least 4 members (excludes halogenated alkanes) is 1. The smallest absolute Gasteiger partial charge is 0.317 e. The standard InChI is InChI=1S/C15H23N5O3/c1-17(2)8-6-5-7-11(21)9-20-10-16-13-12(20)14(22)19(4)15(23)18(13)3/h10H,5-9H2,1-4H3. The Labute approximate surface area is 134 Å². The summed E-state index contributed by atoms with van der Waals surface area (Å²) in [7, 11) is 6.98. The van der Waals surface area contributed by atoms with Gasteiger partial charge < -0.3 is 9.47 Å². The van der Waals surface area contributed by atoms with E-state index in [1.807, 2.05) is 14.1 Å². The van der Waals surface area contributed by atoms with Gasteiger partial charge in [-0.2, -0.15) is 0 Å². The second-order valence-corrected chi connectivity index (χ2v) is 6.05. The summed E-state index contributed by atoms with van der Waals surface area (Å²) in [6.45, 7) is 1.05. The molecule has 0 unspecified atom stereocenters. The van der Waals surface area contributed by atoms with Gasteiger partial charge in [-0.1, -0.05) is 0 Å². The minimum absolute atomic E-state index is 0.0546. The van der Waals surface area contributed by atoms with E-state index in [0.29, 0.717) is 12.1 Å². The van der Waals surface area contributed by atoms with Crippen LogP contribution >= 0.6 is 0 Å². The Morgan fingerprint density at radius 1 is 1.17 bits per heavy atom. The van der Waals surface area contributed by atoms with E-state index in [9.17, 15) is 14.4 Å². The van der Waals surface area contributed by atoms with E-state index in [2.05, 4.69) is 9.88 Å². The van der Waals surface area contributed by atoms with Crippen molar-refractivity contribution in [1.82, 2.24) is 23.6 Å². The molecule has 2 aromatic rings. The van der Waals surface area contributed by atoms with Crippen LogP contribution in [0.3, 0.4) is 0 Å². The van der Waals surface area contributed by atoms with Crippen LogP contribution in [0.2, 0.25) is 0 Å². The van der Waals surface area contributed by atoms with Gasteiger partial charge in [0.2, 0.25) is 0 Å². The lowest BCUT2D eigenvalue weighted by Crippen LogP contribution is -2.37. The zero-order valence-corrected chi connectivity index (χ0v) is 14.1.